The molecule has 0 aromatic heterocycles. The Kier molecular flexibility index (Phi) is 6.79. The monoisotopic (exact) mass is 355 g/mol. The molecule has 136 valence electrons. The number of carbonyl (C=O) groups excluding carboxylic acids is 2. The van der Waals surface area contributed by atoms with E-state index in [1.54, 1.807) is 62.8 Å². The van der Waals surface area contributed by atoms with Crippen LogP contribution in [0.15, 0.2) is 48.5 Å². The van der Waals surface area contributed by atoms with Crippen molar-refractivity contribution in [3.05, 3.63) is 65.2 Å². The molecule has 1 N–H and O–H groups in total. The average Bonchev–Trinajstić information content (AvgIpc) is 2.70. The van der Waals surface area contributed by atoms with Crippen LogP contribution in [0.1, 0.15) is 21.5 Å². The molecule has 0 unspecified atom stereocenters. The molecule has 2 rings (SSSR count). The first-order chi connectivity index (χ1) is 12.6. The fourth-order valence-electron chi connectivity index (χ4n) is 2.26. The van der Waals surface area contributed by atoms with Gasteiger partial charge in [0.15, 0.2) is 0 Å². The van der Waals surface area contributed by atoms with Gasteiger partial charge >= 0.3 is 5.97 Å². The third kappa shape index (κ3) is 5.11. The number of nitrogens with one attached hydrogen (secondary N) is 1. The Balaban J connectivity index is 1.96. The average molecular weight is 355 g/mol. The molecule has 0 fully saturated rings. The van der Waals surface area contributed by atoms with E-state index in [0.29, 0.717) is 23.6 Å². The molecule has 0 aliphatic heterocycles. The maximum atomic E-state index is 12.0. The molecule has 2 aromatic carbocycles. The maximum Gasteiger partial charge on any atom is 0.337 e. The minimum atomic E-state index is -0.393. The highest BCUT2D eigenvalue weighted by Gasteiger charge is 2.05. The van der Waals surface area contributed by atoms with Crippen molar-refractivity contribution in [3.63, 3.8) is 0 Å². The van der Waals surface area contributed by atoms with Crippen LogP contribution in [0.4, 0.5) is 0 Å². The van der Waals surface area contributed by atoms with Gasteiger partial charge in [0, 0.05) is 18.2 Å². The molecule has 0 saturated carbocycles. The number of benzene rings is 2. The van der Waals surface area contributed by atoms with E-state index in [2.05, 4.69) is 10.1 Å². The van der Waals surface area contributed by atoms with Crippen LogP contribution >= 0.6 is 0 Å². The van der Waals surface area contributed by atoms with Gasteiger partial charge in [-0.2, -0.15) is 0 Å². The van der Waals surface area contributed by atoms with E-state index in [4.69, 9.17) is 9.47 Å². The summed E-state index contributed by atoms with van der Waals surface area (Å²) in [5, 5.41) is 2.78. The summed E-state index contributed by atoms with van der Waals surface area (Å²) < 4.78 is 15.1. The van der Waals surface area contributed by atoms with Crippen LogP contribution in [-0.4, -0.2) is 33.2 Å². The zero-order valence-electron chi connectivity index (χ0n) is 14.9. The molecule has 6 heteroatoms. The molecule has 2 aromatic rings. The largest absolute Gasteiger partial charge is 0.497 e. The molecule has 0 radical (unpaired) electrons. The van der Waals surface area contributed by atoms with Gasteiger partial charge in [0.05, 0.1) is 26.9 Å². The van der Waals surface area contributed by atoms with E-state index < -0.39 is 5.97 Å². The predicted octanol–water partition coefficient (Wildman–Crippen LogP) is 2.82. The molecule has 0 atom stereocenters. The van der Waals surface area contributed by atoms with Crippen LogP contribution in [-0.2, 0) is 16.1 Å². The van der Waals surface area contributed by atoms with E-state index in [0.717, 1.165) is 11.1 Å². The highest BCUT2D eigenvalue weighted by atomic mass is 16.5. The number of esters is 1. The fourth-order valence-corrected chi connectivity index (χ4v) is 2.26. The van der Waals surface area contributed by atoms with Gasteiger partial charge in [-0.1, -0.05) is 12.1 Å². The topological polar surface area (TPSA) is 73.9 Å². The van der Waals surface area contributed by atoms with Crippen molar-refractivity contribution in [2.45, 2.75) is 6.54 Å². The SMILES string of the molecule is COC(=O)c1ccc(CNC(=O)/C=C/c2cc(OC)ccc2OC)cc1. The highest BCUT2D eigenvalue weighted by Crippen LogP contribution is 2.24. The lowest BCUT2D eigenvalue weighted by Gasteiger charge is -2.07. The minimum Gasteiger partial charge on any atom is -0.497 e. The van der Waals surface area contributed by atoms with Crippen molar-refractivity contribution in [1.29, 1.82) is 0 Å². The van der Waals surface area contributed by atoms with Gasteiger partial charge in [-0.25, -0.2) is 4.79 Å². The first-order valence-corrected chi connectivity index (χ1v) is 7.92. The molecule has 6 nitrogen and oxygen atoms in total. The van der Waals surface area contributed by atoms with Crippen LogP contribution in [0.3, 0.4) is 0 Å². The summed E-state index contributed by atoms with van der Waals surface area (Å²) in [5.41, 5.74) is 2.08. The minimum absolute atomic E-state index is 0.244. The van der Waals surface area contributed by atoms with Crippen molar-refractivity contribution < 1.29 is 23.8 Å². The van der Waals surface area contributed by atoms with Gasteiger partial charge in [-0.05, 0) is 42.0 Å². The van der Waals surface area contributed by atoms with Crippen LogP contribution in [0.25, 0.3) is 6.08 Å². The lowest BCUT2D eigenvalue weighted by atomic mass is 10.1. The summed E-state index contributed by atoms with van der Waals surface area (Å²) in [5.74, 6) is 0.687. The molecule has 0 spiro atoms. The number of ether oxygens (including phenoxy) is 3. The summed E-state index contributed by atoms with van der Waals surface area (Å²) in [6, 6.07) is 12.2. The number of carbonyl (C=O) groups is 2. The standard InChI is InChI=1S/C20H21NO5/c1-24-17-9-10-18(25-2)16(12-17)8-11-19(22)21-13-14-4-6-15(7-5-14)20(23)26-3/h4-12H,13H2,1-3H3,(H,21,22)/b11-8+. The Morgan fingerprint density at radius 3 is 2.35 bits per heavy atom. The van der Waals surface area contributed by atoms with Gasteiger partial charge in [-0.15, -0.1) is 0 Å². The summed E-state index contributed by atoms with van der Waals surface area (Å²) in [7, 11) is 4.48. The predicted molar refractivity (Wildman–Crippen MR) is 98.2 cm³/mol. The second-order valence-corrected chi connectivity index (χ2v) is 5.35. The van der Waals surface area contributed by atoms with Crippen molar-refractivity contribution in [2.24, 2.45) is 0 Å². The molecule has 1 amide bonds. The molecule has 0 aliphatic carbocycles. The van der Waals surface area contributed by atoms with Crippen LogP contribution < -0.4 is 14.8 Å². The zero-order chi connectivity index (χ0) is 18.9. The van der Waals surface area contributed by atoms with Gasteiger partial charge < -0.3 is 19.5 Å². The lowest BCUT2D eigenvalue weighted by molar-refractivity contribution is -0.116. The molecular formula is C20H21NO5. The zero-order valence-corrected chi connectivity index (χ0v) is 14.9. The number of hydrogen-bond donors (Lipinski definition) is 1. The lowest BCUT2D eigenvalue weighted by Crippen LogP contribution is -2.20. The van der Waals surface area contributed by atoms with Crippen molar-refractivity contribution in [2.75, 3.05) is 21.3 Å². The summed E-state index contributed by atoms with van der Waals surface area (Å²) >= 11 is 0. The van der Waals surface area contributed by atoms with E-state index in [1.165, 1.54) is 13.2 Å². The third-order valence-electron chi connectivity index (χ3n) is 3.69. The highest BCUT2D eigenvalue weighted by molar-refractivity contribution is 5.92. The molecule has 0 aliphatic rings. The Morgan fingerprint density at radius 2 is 1.73 bits per heavy atom. The van der Waals surface area contributed by atoms with Crippen molar-refractivity contribution in [3.8, 4) is 11.5 Å². The smallest absolute Gasteiger partial charge is 0.337 e. The van der Waals surface area contributed by atoms with E-state index >= 15 is 0 Å². The summed E-state index contributed by atoms with van der Waals surface area (Å²) in [6.07, 6.45) is 3.09. The van der Waals surface area contributed by atoms with Crippen molar-refractivity contribution >= 4 is 18.0 Å². The maximum absolute atomic E-state index is 12.0. The van der Waals surface area contributed by atoms with Crippen LogP contribution in [0, 0.1) is 0 Å². The van der Waals surface area contributed by atoms with Gasteiger partial charge in [0.2, 0.25) is 5.91 Å². The fraction of sp³-hybridized carbons (Fsp3) is 0.200. The Bertz CT molecular complexity index is 796. The molecule has 0 heterocycles. The summed E-state index contributed by atoms with van der Waals surface area (Å²) in [6.45, 7) is 0.347. The van der Waals surface area contributed by atoms with E-state index in [-0.39, 0.29) is 5.91 Å². The van der Waals surface area contributed by atoms with Gasteiger partial charge in [-0.3, -0.25) is 4.79 Å². The Morgan fingerprint density at radius 1 is 1.00 bits per heavy atom. The number of hydrogen-bond acceptors (Lipinski definition) is 5. The Hall–Kier alpha value is -3.28. The first kappa shape index (κ1) is 19.1. The number of rotatable bonds is 7. The van der Waals surface area contributed by atoms with Crippen LogP contribution in [0.2, 0.25) is 0 Å². The quantitative estimate of drug-likeness (QED) is 0.611. The molecular weight excluding hydrogens is 334 g/mol. The van der Waals surface area contributed by atoms with E-state index in [1.807, 2.05) is 0 Å². The van der Waals surface area contributed by atoms with Crippen LogP contribution in [0.5, 0.6) is 11.5 Å². The Labute approximate surface area is 152 Å². The second-order valence-electron chi connectivity index (χ2n) is 5.35. The molecule has 0 saturated heterocycles. The van der Waals surface area contributed by atoms with E-state index in [9.17, 15) is 9.59 Å². The number of amides is 1. The molecule has 26 heavy (non-hydrogen) atoms. The van der Waals surface area contributed by atoms with Gasteiger partial charge in [0.25, 0.3) is 0 Å². The normalized spacial score (nSPS) is 10.4. The summed E-state index contributed by atoms with van der Waals surface area (Å²) in [4.78, 5) is 23.4. The second kappa shape index (κ2) is 9.27. The molecule has 0 bridgehead atoms. The van der Waals surface area contributed by atoms with Crippen molar-refractivity contribution in [1.82, 2.24) is 5.32 Å². The number of methoxy groups -OCH3 is 3. The third-order valence-corrected chi connectivity index (χ3v) is 3.69. The first-order valence-electron chi connectivity index (χ1n) is 7.92. The van der Waals surface area contributed by atoms with Gasteiger partial charge in [0.1, 0.15) is 11.5 Å².